The molecule has 6 heteroatoms. The van der Waals surface area contributed by atoms with Gasteiger partial charge in [-0.15, -0.1) is 0 Å². The van der Waals surface area contributed by atoms with Crippen LogP contribution in [0.1, 0.15) is 0 Å². The van der Waals surface area contributed by atoms with Crippen molar-refractivity contribution in [2.45, 2.75) is 0 Å². The van der Waals surface area contributed by atoms with E-state index in [9.17, 15) is 4.57 Å². The molecule has 0 bridgehead atoms. The molecule has 0 saturated heterocycles. The summed E-state index contributed by atoms with van der Waals surface area (Å²) in [5.41, 5.74) is 10.3. The average Bonchev–Trinajstić information content (AvgIpc) is 1.88. The maximum Gasteiger partial charge on any atom is 0.301 e. The molecule has 10 heavy (non-hydrogen) atoms. The van der Waals surface area contributed by atoms with Crippen molar-refractivity contribution in [2.75, 3.05) is 6.67 Å². The Morgan fingerprint density at radius 3 is 2.60 bits per heavy atom. The Bertz CT molecular complexity index is 217. The van der Waals surface area contributed by atoms with Crippen molar-refractivity contribution in [3.8, 4) is 0 Å². The van der Waals surface area contributed by atoms with Gasteiger partial charge in [0.15, 0.2) is 0 Å². The van der Waals surface area contributed by atoms with Gasteiger partial charge in [0.05, 0.1) is 0 Å². The normalized spacial score (nSPS) is 18.0. The highest BCUT2D eigenvalue weighted by Crippen LogP contribution is 2.31. The molecule has 1 aliphatic heterocycles. The molecule has 0 aromatic rings. The third-order valence-corrected chi connectivity index (χ3v) is 2.14. The Morgan fingerprint density at radius 2 is 2.30 bits per heavy atom. The van der Waals surface area contributed by atoms with Gasteiger partial charge in [-0.1, -0.05) is 0 Å². The summed E-state index contributed by atoms with van der Waals surface area (Å²) in [4.78, 5) is 3.81. The molecule has 1 heterocycles. The van der Waals surface area contributed by atoms with Crippen LogP contribution in [0.5, 0.6) is 0 Å². The molecule has 1 rings (SSSR count). The lowest BCUT2D eigenvalue weighted by Crippen LogP contribution is -2.25. The van der Waals surface area contributed by atoms with Gasteiger partial charge in [0, 0.05) is 12.4 Å². The second-order valence-corrected chi connectivity index (χ2v) is 3.79. The molecule has 0 aromatic carbocycles. The van der Waals surface area contributed by atoms with E-state index in [-0.39, 0.29) is 6.67 Å². The van der Waals surface area contributed by atoms with Gasteiger partial charge < -0.3 is 0 Å². The minimum atomic E-state index is -3.11. The van der Waals surface area contributed by atoms with Crippen molar-refractivity contribution in [3.63, 3.8) is 0 Å². The predicted octanol–water partition coefficient (Wildman–Crippen LogP) is -0.131. The minimum Gasteiger partial charge on any atom is -0.286 e. The summed E-state index contributed by atoms with van der Waals surface area (Å²) in [6, 6.07) is 0. The Morgan fingerprint density at radius 1 is 1.60 bits per heavy atom. The molecule has 4 N–H and O–H groups in total. The summed E-state index contributed by atoms with van der Waals surface area (Å²) in [5.74, 6) is 0. The molecule has 0 saturated carbocycles. The molecular formula is C4H9N4OP. The quantitative estimate of drug-likeness (QED) is 0.523. The number of allylic oxidation sites excluding steroid dienone is 1. The maximum absolute atomic E-state index is 10.9. The first-order valence-corrected chi connectivity index (χ1v) is 4.51. The van der Waals surface area contributed by atoms with Gasteiger partial charge in [-0.25, -0.2) is 0 Å². The zero-order valence-electron chi connectivity index (χ0n) is 5.34. The van der Waals surface area contributed by atoms with Crippen molar-refractivity contribution in [1.29, 1.82) is 0 Å². The fraction of sp³-hybridized carbons (Fsp3) is 0.250. The summed E-state index contributed by atoms with van der Waals surface area (Å²) in [6.45, 7) is 0.279. The van der Waals surface area contributed by atoms with Gasteiger partial charge in [-0.2, -0.15) is 0 Å². The highest BCUT2D eigenvalue weighted by atomic mass is 31.2. The van der Waals surface area contributed by atoms with Crippen molar-refractivity contribution >= 4 is 13.8 Å². The van der Waals surface area contributed by atoms with Crippen LogP contribution in [0.3, 0.4) is 0 Å². The van der Waals surface area contributed by atoms with Crippen LogP contribution in [0.25, 0.3) is 0 Å². The molecular weight excluding hydrogens is 151 g/mol. The summed E-state index contributed by atoms with van der Waals surface area (Å²) >= 11 is 0. The molecule has 0 atom stereocenters. The predicted molar refractivity (Wildman–Crippen MR) is 40.3 cm³/mol. The lowest BCUT2D eigenvalue weighted by Gasteiger charge is -2.22. The van der Waals surface area contributed by atoms with Gasteiger partial charge in [0.25, 0.3) is 0 Å². The van der Waals surface area contributed by atoms with Gasteiger partial charge in [0.1, 0.15) is 6.67 Å². The second-order valence-electron chi connectivity index (χ2n) is 1.93. The molecule has 0 aromatic heterocycles. The summed E-state index contributed by atoms with van der Waals surface area (Å²) in [7, 11) is -3.11. The van der Waals surface area contributed by atoms with Gasteiger partial charge in [-0.3, -0.25) is 25.2 Å². The summed E-state index contributed by atoms with van der Waals surface area (Å²) in [6.07, 6.45) is 4.80. The van der Waals surface area contributed by atoms with Crippen LogP contribution in [0, 0.1) is 0 Å². The van der Waals surface area contributed by atoms with Crippen LogP contribution in [0.2, 0.25) is 0 Å². The third kappa shape index (κ3) is 1.67. The van der Waals surface area contributed by atoms with Crippen LogP contribution in [0.4, 0.5) is 0 Å². The SMILES string of the molecule is NP(N)(=O)N1C=CC=NC1. The number of hydrogen-bond donors (Lipinski definition) is 2. The van der Waals surface area contributed by atoms with E-state index in [4.69, 9.17) is 11.0 Å². The Balaban J connectivity index is 2.69. The number of aliphatic imine (C=N–C) groups is 1. The van der Waals surface area contributed by atoms with E-state index in [0.717, 1.165) is 0 Å². The van der Waals surface area contributed by atoms with Gasteiger partial charge in [0.2, 0.25) is 0 Å². The van der Waals surface area contributed by atoms with Crippen LogP contribution in [-0.2, 0) is 4.57 Å². The summed E-state index contributed by atoms with van der Waals surface area (Å²) in [5, 5.41) is 0. The lowest BCUT2D eigenvalue weighted by atomic mass is 10.6. The number of rotatable bonds is 1. The molecule has 0 spiro atoms. The van der Waals surface area contributed by atoms with Gasteiger partial charge in [-0.05, 0) is 6.08 Å². The molecule has 5 nitrogen and oxygen atoms in total. The van der Waals surface area contributed by atoms with E-state index in [1.807, 2.05) is 0 Å². The summed E-state index contributed by atoms with van der Waals surface area (Å²) < 4.78 is 12.2. The van der Waals surface area contributed by atoms with Crippen molar-refractivity contribution < 1.29 is 4.57 Å². The number of nitrogens with zero attached hydrogens (tertiary/aromatic N) is 2. The fourth-order valence-electron chi connectivity index (χ4n) is 0.580. The third-order valence-electron chi connectivity index (χ3n) is 1.08. The standard InChI is InChI=1S/C4H9N4OP/c5-10(6,9)8-3-1-2-7-4-8/h1-3H,4H2,(H4,5,6,9). The minimum absolute atomic E-state index is 0.279. The largest absolute Gasteiger partial charge is 0.301 e. The number of hydrogen-bond acceptors (Lipinski definition) is 2. The average molecular weight is 160 g/mol. The molecule has 0 unspecified atom stereocenters. The highest BCUT2D eigenvalue weighted by molar-refractivity contribution is 7.56. The molecule has 0 fully saturated rings. The Labute approximate surface area is 58.9 Å². The fourth-order valence-corrected chi connectivity index (χ4v) is 1.14. The smallest absolute Gasteiger partial charge is 0.286 e. The first kappa shape index (κ1) is 7.47. The highest BCUT2D eigenvalue weighted by Gasteiger charge is 2.16. The van der Waals surface area contributed by atoms with Crippen LogP contribution < -0.4 is 11.0 Å². The van der Waals surface area contributed by atoms with Crippen LogP contribution in [0.15, 0.2) is 17.3 Å². The van der Waals surface area contributed by atoms with E-state index in [2.05, 4.69) is 4.99 Å². The Kier molecular flexibility index (Phi) is 1.89. The van der Waals surface area contributed by atoms with E-state index in [1.165, 1.54) is 4.67 Å². The topological polar surface area (TPSA) is 84.7 Å². The molecule has 0 aliphatic carbocycles. The van der Waals surface area contributed by atoms with Crippen molar-refractivity contribution in [1.82, 2.24) is 4.67 Å². The molecule has 56 valence electrons. The molecule has 0 radical (unpaired) electrons. The second kappa shape index (κ2) is 2.54. The zero-order chi connectivity index (χ0) is 7.61. The lowest BCUT2D eigenvalue weighted by molar-refractivity contribution is 0.502. The maximum atomic E-state index is 10.9. The first-order chi connectivity index (χ1) is 4.61. The number of nitrogens with two attached hydrogens (primary N) is 2. The monoisotopic (exact) mass is 160 g/mol. The van der Waals surface area contributed by atoms with Gasteiger partial charge >= 0.3 is 7.59 Å². The van der Waals surface area contributed by atoms with Crippen molar-refractivity contribution in [2.24, 2.45) is 16.0 Å². The molecule has 1 aliphatic rings. The van der Waals surface area contributed by atoms with E-state index >= 15 is 0 Å². The van der Waals surface area contributed by atoms with Crippen molar-refractivity contribution in [3.05, 3.63) is 12.3 Å². The first-order valence-electron chi connectivity index (χ1n) is 2.71. The Hall–Kier alpha value is -0.640. The molecule has 0 amide bonds. The van der Waals surface area contributed by atoms with Crippen LogP contribution in [-0.4, -0.2) is 17.6 Å². The van der Waals surface area contributed by atoms with E-state index < -0.39 is 7.59 Å². The zero-order valence-corrected chi connectivity index (χ0v) is 6.24. The van der Waals surface area contributed by atoms with E-state index in [0.29, 0.717) is 0 Å². The van der Waals surface area contributed by atoms with E-state index in [1.54, 1.807) is 18.5 Å². The van der Waals surface area contributed by atoms with Crippen LogP contribution >= 0.6 is 7.59 Å².